The van der Waals surface area contributed by atoms with Crippen molar-refractivity contribution in [3.63, 3.8) is 0 Å². The largest absolute Gasteiger partial charge is 0.760 e. The predicted molar refractivity (Wildman–Crippen MR) is 140 cm³/mol. The van der Waals surface area contributed by atoms with E-state index in [4.69, 9.17) is 0 Å². The van der Waals surface area contributed by atoms with Gasteiger partial charge in [-0.3, -0.25) is 19.2 Å². The molecular formula is C23H35N6O6S2-. The van der Waals surface area contributed by atoms with Crippen LogP contribution in [0.15, 0.2) is 28.2 Å². The fourth-order valence-electron chi connectivity index (χ4n) is 3.39. The first kappa shape index (κ1) is 32.3. The van der Waals surface area contributed by atoms with Crippen LogP contribution >= 0.6 is 0 Å². The first-order valence-electron chi connectivity index (χ1n) is 11.9. The number of Topliss-reactive ketones (excluding diaryl/α,β-unsaturated/α-hetero) is 1. The van der Waals surface area contributed by atoms with Crippen molar-refractivity contribution in [2.45, 2.75) is 58.3 Å². The number of carbonyl (C=O) groups excluding carboxylic acids is 2. The lowest BCUT2D eigenvalue weighted by Gasteiger charge is -2.18. The average Bonchev–Trinajstić information content (AvgIpc) is 2.81. The standard InChI is InChI=1S/C23H36N6O6S2/c1-5-6-11-25-23(31)20(15-24)17(3)22(18(4)30)29-28-19-9-10-21(16(2)14-19)37(34,35)27-13-8-7-12-26-36(32)33/h9-10,14,17,20,26-28H,5-8,11-13H2,1-4H3,(H,25,31)(H,32,33)/p-1. The van der Waals surface area contributed by atoms with E-state index in [0.29, 0.717) is 30.6 Å². The third-order valence-electron chi connectivity index (χ3n) is 5.43. The molecule has 1 amide bonds. The zero-order valence-corrected chi connectivity index (χ0v) is 23.1. The Bertz CT molecular complexity index is 1130. The fourth-order valence-corrected chi connectivity index (χ4v) is 5.00. The zero-order chi connectivity index (χ0) is 28.0. The number of carbonyl (C=O) groups is 2. The second kappa shape index (κ2) is 16.2. The van der Waals surface area contributed by atoms with Gasteiger partial charge in [-0.25, -0.2) is 17.9 Å². The van der Waals surface area contributed by atoms with Crippen molar-refractivity contribution >= 4 is 44.4 Å². The number of nitrogens with one attached hydrogen (secondary N) is 4. The molecule has 0 bridgehead atoms. The molecule has 0 aliphatic rings. The molecule has 12 nitrogen and oxygen atoms in total. The van der Waals surface area contributed by atoms with Crippen molar-refractivity contribution in [3.8, 4) is 6.07 Å². The number of anilines is 1. The maximum atomic E-state index is 12.6. The van der Waals surface area contributed by atoms with Crippen molar-refractivity contribution in [2.75, 3.05) is 25.1 Å². The first-order chi connectivity index (χ1) is 17.4. The number of unbranched alkanes of at least 4 members (excludes halogenated alkanes) is 2. The number of amides is 1. The highest BCUT2D eigenvalue weighted by Crippen LogP contribution is 2.21. The lowest BCUT2D eigenvalue weighted by molar-refractivity contribution is -0.124. The molecule has 0 saturated heterocycles. The summed E-state index contributed by atoms with van der Waals surface area (Å²) in [5, 5.41) is 16.4. The molecule has 0 radical (unpaired) electrons. The summed E-state index contributed by atoms with van der Waals surface area (Å²) in [6.07, 6.45) is 2.58. The van der Waals surface area contributed by atoms with Crippen LogP contribution < -0.4 is 20.2 Å². The van der Waals surface area contributed by atoms with Crippen molar-refractivity contribution in [1.29, 1.82) is 5.26 Å². The monoisotopic (exact) mass is 555 g/mol. The van der Waals surface area contributed by atoms with E-state index in [9.17, 15) is 32.0 Å². The summed E-state index contributed by atoms with van der Waals surface area (Å²) in [5.74, 6) is -2.74. The summed E-state index contributed by atoms with van der Waals surface area (Å²) in [6.45, 7) is 7.27. The van der Waals surface area contributed by atoms with Crippen LogP contribution in [0.4, 0.5) is 5.69 Å². The van der Waals surface area contributed by atoms with Crippen LogP contribution in [0, 0.1) is 30.1 Å². The average molecular weight is 556 g/mol. The summed E-state index contributed by atoms with van der Waals surface area (Å²) in [7, 11) is -3.79. The molecule has 0 aromatic heterocycles. The van der Waals surface area contributed by atoms with Gasteiger partial charge in [0, 0.05) is 43.7 Å². The van der Waals surface area contributed by atoms with Crippen LogP contribution in [0.3, 0.4) is 0 Å². The van der Waals surface area contributed by atoms with Gasteiger partial charge < -0.3 is 9.87 Å². The molecule has 1 rings (SSSR count). The smallest absolute Gasteiger partial charge is 0.240 e. The van der Waals surface area contributed by atoms with E-state index in [1.54, 1.807) is 19.9 Å². The van der Waals surface area contributed by atoms with Crippen LogP contribution in [-0.4, -0.2) is 54.2 Å². The Morgan fingerprint density at radius 1 is 1.19 bits per heavy atom. The van der Waals surface area contributed by atoms with Gasteiger partial charge in [0.25, 0.3) is 0 Å². The van der Waals surface area contributed by atoms with Crippen LogP contribution in [0.5, 0.6) is 0 Å². The van der Waals surface area contributed by atoms with Crippen LogP contribution in [0.25, 0.3) is 0 Å². The molecule has 1 aromatic carbocycles. The zero-order valence-electron chi connectivity index (χ0n) is 21.5. The van der Waals surface area contributed by atoms with Crippen LogP contribution in [-0.2, 0) is 30.9 Å². The Hall–Kier alpha value is -2.70. The molecule has 0 aliphatic carbocycles. The summed E-state index contributed by atoms with van der Waals surface area (Å²) in [5.41, 5.74) is 3.59. The van der Waals surface area contributed by atoms with Gasteiger partial charge in [0.15, 0.2) is 5.78 Å². The number of hydrogen-bond donors (Lipinski definition) is 4. The highest BCUT2D eigenvalue weighted by Gasteiger charge is 2.30. The second-order valence-electron chi connectivity index (χ2n) is 8.42. The number of hydrogen-bond acceptors (Lipinski definition) is 9. The molecule has 14 heteroatoms. The van der Waals surface area contributed by atoms with Crippen LogP contribution in [0.2, 0.25) is 0 Å². The van der Waals surface area contributed by atoms with E-state index in [1.165, 1.54) is 19.1 Å². The van der Waals surface area contributed by atoms with Gasteiger partial charge in [0.2, 0.25) is 15.9 Å². The van der Waals surface area contributed by atoms with Gasteiger partial charge in [0.05, 0.1) is 16.7 Å². The van der Waals surface area contributed by atoms with Crippen LogP contribution in [0.1, 0.15) is 52.0 Å². The molecule has 3 unspecified atom stereocenters. The van der Waals surface area contributed by atoms with Gasteiger partial charge >= 0.3 is 0 Å². The Balaban J connectivity index is 2.90. The lowest BCUT2D eigenvalue weighted by atomic mass is 9.88. The summed E-state index contributed by atoms with van der Waals surface area (Å²) >= 11 is -2.35. The van der Waals surface area contributed by atoms with E-state index in [-0.39, 0.29) is 23.7 Å². The minimum atomic E-state index is -3.79. The molecule has 0 aliphatic heterocycles. The van der Waals surface area contributed by atoms with Gasteiger partial charge in [-0.15, -0.1) is 0 Å². The van der Waals surface area contributed by atoms with E-state index in [2.05, 4.69) is 25.3 Å². The highest BCUT2D eigenvalue weighted by atomic mass is 32.2. The number of sulfonamides is 1. The fraction of sp³-hybridized carbons (Fsp3) is 0.565. The number of aryl methyl sites for hydroxylation is 1. The SMILES string of the molecule is CCCCNC(=O)C(C#N)C(C)C(=NNc1ccc(S(=O)(=O)NCCCCNS(=O)[O-])c(C)c1)C(C)=O. The van der Waals surface area contributed by atoms with Crippen molar-refractivity contribution < 1.29 is 26.8 Å². The molecule has 37 heavy (non-hydrogen) atoms. The highest BCUT2D eigenvalue weighted by molar-refractivity contribution is 7.89. The molecular weight excluding hydrogens is 520 g/mol. The normalized spacial score (nSPS) is 14.3. The molecule has 1 aromatic rings. The Kier molecular flexibility index (Phi) is 14.2. The van der Waals surface area contributed by atoms with E-state index < -0.39 is 44.8 Å². The molecule has 0 saturated carbocycles. The number of rotatable bonds is 17. The van der Waals surface area contributed by atoms with Gasteiger partial charge in [0.1, 0.15) is 11.6 Å². The maximum absolute atomic E-state index is 12.6. The summed E-state index contributed by atoms with van der Waals surface area (Å²) in [4.78, 5) is 24.7. The van der Waals surface area contributed by atoms with Gasteiger partial charge in [-0.05, 0) is 49.9 Å². The van der Waals surface area contributed by atoms with E-state index in [1.807, 2.05) is 13.0 Å². The minimum Gasteiger partial charge on any atom is -0.760 e. The maximum Gasteiger partial charge on any atom is 0.240 e. The number of hydrazone groups is 1. The van der Waals surface area contributed by atoms with Crippen molar-refractivity contribution in [3.05, 3.63) is 23.8 Å². The minimum absolute atomic E-state index is 0.0171. The number of ketones is 1. The number of nitrogens with zero attached hydrogens (tertiary/aromatic N) is 2. The molecule has 0 heterocycles. The molecule has 4 N–H and O–H groups in total. The third-order valence-corrected chi connectivity index (χ3v) is 7.49. The molecule has 0 fully saturated rings. The molecule has 0 spiro atoms. The number of nitriles is 1. The predicted octanol–water partition coefficient (Wildman–Crippen LogP) is 1.49. The number of benzene rings is 1. The third kappa shape index (κ3) is 11.1. The second-order valence-corrected chi connectivity index (χ2v) is 10.9. The summed E-state index contributed by atoms with van der Waals surface area (Å²) < 4.78 is 50.8. The summed E-state index contributed by atoms with van der Waals surface area (Å²) in [6, 6.07) is 6.38. The van der Waals surface area contributed by atoms with Crippen molar-refractivity contribution in [1.82, 2.24) is 14.8 Å². The van der Waals surface area contributed by atoms with Gasteiger partial charge in [-0.2, -0.15) is 10.4 Å². The Morgan fingerprint density at radius 2 is 1.86 bits per heavy atom. The lowest BCUT2D eigenvalue weighted by Crippen LogP contribution is -2.38. The quantitative estimate of drug-likeness (QED) is 0.0960. The first-order valence-corrected chi connectivity index (χ1v) is 14.4. The Labute approximate surface area is 221 Å². The van der Waals surface area contributed by atoms with E-state index in [0.717, 1.165) is 12.8 Å². The Morgan fingerprint density at radius 3 is 2.43 bits per heavy atom. The molecule has 206 valence electrons. The molecule has 3 atom stereocenters. The van der Waals surface area contributed by atoms with Gasteiger partial charge in [-0.1, -0.05) is 20.3 Å². The topological polar surface area (TPSA) is 193 Å². The van der Waals surface area contributed by atoms with Crippen molar-refractivity contribution in [2.24, 2.45) is 16.9 Å². The van der Waals surface area contributed by atoms with E-state index >= 15 is 0 Å².